The van der Waals surface area contributed by atoms with E-state index in [2.05, 4.69) is 22.8 Å². The topological polar surface area (TPSA) is 61.4 Å². The standard InChI is InChI=1S/C15H22N2O2S/c1-20-13-7-5-11(6-8-13)9-16-15(19)17-10-12-3-2-4-14(12)18/h5-8,12,14,18H,2-4,9-10H2,1H3,(H2,16,17,19)/t12-,14+/m1/s1. The minimum Gasteiger partial charge on any atom is -0.393 e. The molecule has 0 bridgehead atoms. The van der Waals surface area contributed by atoms with Crippen LogP contribution in [-0.4, -0.2) is 30.0 Å². The Morgan fingerprint density at radius 3 is 2.65 bits per heavy atom. The van der Waals surface area contributed by atoms with Crippen LogP contribution < -0.4 is 10.6 Å². The molecule has 1 aromatic carbocycles. The van der Waals surface area contributed by atoms with Gasteiger partial charge in [0.1, 0.15) is 0 Å². The third kappa shape index (κ3) is 4.42. The number of thioether (sulfide) groups is 1. The fourth-order valence-electron chi connectivity index (χ4n) is 2.47. The number of carbonyl (C=O) groups is 1. The lowest BCUT2D eigenvalue weighted by Crippen LogP contribution is -2.39. The van der Waals surface area contributed by atoms with Crippen LogP contribution in [0.3, 0.4) is 0 Å². The zero-order chi connectivity index (χ0) is 14.4. The maximum absolute atomic E-state index is 11.7. The predicted octanol–water partition coefficient (Wildman–Crippen LogP) is 2.37. The van der Waals surface area contributed by atoms with E-state index >= 15 is 0 Å². The molecule has 20 heavy (non-hydrogen) atoms. The van der Waals surface area contributed by atoms with E-state index in [0.29, 0.717) is 13.1 Å². The molecule has 2 amide bonds. The molecule has 0 aromatic heterocycles. The van der Waals surface area contributed by atoms with Crippen LogP contribution in [-0.2, 0) is 6.54 Å². The number of hydrogen-bond acceptors (Lipinski definition) is 3. The van der Waals surface area contributed by atoms with Crippen LogP contribution in [0.5, 0.6) is 0 Å². The molecule has 0 aliphatic heterocycles. The largest absolute Gasteiger partial charge is 0.393 e. The Bertz CT molecular complexity index is 436. The summed E-state index contributed by atoms with van der Waals surface area (Å²) in [5.41, 5.74) is 1.08. The van der Waals surface area contributed by atoms with Crippen molar-refractivity contribution in [3.63, 3.8) is 0 Å². The fraction of sp³-hybridized carbons (Fsp3) is 0.533. The molecule has 0 heterocycles. The van der Waals surface area contributed by atoms with Gasteiger partial charge in [0.15, 0.2) is 0 Å². The molecule has 2 rings (SSSR count). The Balaban J connectivity index is 1.69. The van der Waals surface area contributed by atoms with Crippen molar-refractivity contribution < 1.29 is 9.90 Å². The van der Waals surface area contributed by atoms with E-state index < -0.39 is 0 Å². The first-order valence-corrected chi connectivity index (χ1v) is 8.24. The van der Waals surface area contributed by atoms with Crippen LogP contribution >= 0.6 is 11.8 Å². The summed E-state index contributed by atoms with van der Waals surface area (Å²) in [5.74, 6) is 0.210. The summed E-state index contributed by atoms with van der Waals surface area (Å²) < 4.78 is 0. The Hall–Kier alpha value is -1.20. The molecule has 0 unspecified atom stereocenters. The smallest absolute Gasteiger partial charge is 0.315 e. The molecular formula is C15H22N2O2S. The number of aliphatic hydroxyl groups is 1. The van der Waals surface area contributed by atoms with Gasteiger partial charge < -0.3 is 15.7 Å². The van der Waals surface area contributed by atoms with Gasteiger partial charge in [-0.3, -0.25) is 0 Å². The third-order valence-corrected chi connectivity index (χ3v) is 4.50. The fourth-order valence-corrected chi connectivity index (χ4v) is 2.88. The molecular weight excluding hydrogens is 272 g/mol. The van der Waals surface area contributed by atoms with Gasteiger partial charge >= 0.3 is 6.03 Å². The highest BCUT2D eigenvalue weighted by atomic mass is 32.2. The summed E-state index contributed by atoms with van der Waals surface area (Å²) in [5, 5.41) is 15.4. The summed E-state index contributed by atoms with van der Waals surface area (Å²) in [6, 6.07) is 7.97. The van der Waals surface area contributed by atoms with E-state index in [1.807, 2.05) is 18.4 Å². The van der Waals surface area contributed by atoms with Gasteiger partial charge in [0.2, 0.25) is 0 Å². The molecule has 1 aromatic rings. The molecule has 1 fully saturated rings. The van der Waals surface area contributed by atoms with E-state index in [1.165, 1.54) is 4.90 Å². The van der Waals surface area contributed by atoms with Crippen molar-refractivity contribution in [3.05, 3.63) is 29.8 Å². The average Bonchev–Trinajstić information content (AvgIpc) is 2.89. The Kier molecular flexibility index (Phi) is 5.73. The van der Waals surface area contributed by atoms with E-state index in [4.69, 9.17) is 0 Å². The first-order chi connectivity index (χ1) is 9.69. The average molecular weight is 294 g/mol. The molecule has 0 saturated heterocycles. The molecule has 1 aliphatic rings. The summed E-state index contributed by atoms with van der Waals surface area (Å²) in [6.07, 6.45) is 4.69. The van der Waals surface area contributed by atoms with Crippen LogP contribution in [0.2, 0.25) is 0 Å². The minimum absolute atomic E-state index is 0.168. The SMILES string of the molecule is CSc1ccc(CNC(=O)NC[C@H]2CCC[C@@H]2O)cc1. The highest BCUT2D eigenvalue weighted by Gasteiger charge is 2.25. The van der Waals surface area contributed by atoms with Gasteiger partial charge in [-0.05, 0) is 36.8 Å². The second kappa shape index (κ2) is 7.55. The third-order valence-electron chi connectivity index (χ3n) is 3.76. The number of rotatable bonds is 5. The summed E-state index contributed by atoms with van der Waals surface area (Å²) in [4.78, 5) is 12.9. The van der Waals surface area contributed by atoms with Crippen molar-refractivity contribution in [3.8, 4) is 0 Å². The molecule has 5 heteroatoms. The van der Waals surface area contributed by atoms with Gasteiger partial charge in [-0.1, -0.05) is 18.6 Å². The van der Waals surface area contributed by atoms with Gasteiger partial charge in [-0.2, -0.15) is 0 Å². The molecule has 110 valence electrons. The Labute approximate surface area is 124 Å². The number of aliphatic hydroxyl groups excluding tert-OH is 1. The zero-order valence-corrected chi connectivity index (χ0v) is 12.6. The summed E-state index contributed by atoms with van der Waals surface area (Å²) in [6.45, 7) is 1.08. The summed E-state index contributed by atoms with van der Waals surface area (Å²) >= 11 is 1.70. The van der Waals surface area contributed by atoms with Crippen LogP contribution in [0.4, 0.5) is 4.79 Å². The van der Waals surface area contributed by atoms with Crippen LogP contribution in [0.25, 0.3) is 0 Å². The summed E-state index contributed by atoms with van der Waals surface area (Å²) in [7, 11) is 0. The number of nitrogens with one attached hydrogen (secondary N) is 2. The van der Waals surface area contributed by atoms with Gasteiger partial charge in [0.05, 0.1) is 6.10 Å². The molecule has 0 radical (unpaired) electrons. The van der Waals surface area contributed by atoms with Gasteiger partial charge in [-0.15, -0.1) is 11.8 Å². The lowest BCUT2D eigenvalue weighted by molar-refractivity contribution is 0.132. The first kappa shape index (κ1) is 15.2. The maximum atomic E-state index is 11.7. The number of carbonyl (C=O) groups excluding carboxylic acids is 1. The minimum atomic E-state index is -0.255. The highest BCUT2D eigenvalue weighted by molar-refractivity contribution is 7.98. The monoisotopic (exact) mass is 294 g/mol. The first-order valence-electron chi connectivity index (χ1n) is 7.01. The van der Waals surface area contributed by atoms with Crippen molar-refractivity contribution in [2.45, 2.75) is 36.8 Å². The van der Waals surface area contributed by atoms with Crippen molar-refractivity contribution in [1.29, 1.82) is 0 Å². The highest BCUT2D eigenvalue weighted by Crippen LogP contribution is 2.24. The normalized spacial score (nSPS) is 21.7. The number of amides is 2. The van der Waals surface area contributed by atoms with E-state index in [-0.39, 0.29) is 18.1 Å². The van der Waals surface area contributed by atoms with Crippen molar-refractivity contribution >= 4 is 17.8 Å². The second-order valence-electron chi connectivity index (χ2n) is 5.17. The number of benzene rings is 1. The van der Waals surface area contributed by atoms with Gasteiger partial charge in [0.25, 0.3) is 0 Å². The van der Waals surface area contributed by atoms with Gasteiger partial charge in [0, 0.05) is 23.9 Å². The molecule has 2 atom stereocenters. The van der Waals surface area contributed by atoms with Crippen LogP contribution in [0.1, 0.15) is 24.8 Å². The van der Waals surface area contributed by atoms with Crippen LogP contribution in [0.15, 0.2) is 29.2 Å². The molecule has 1 aliphatic carbocycles. The van der Waals surface area contributed by atoms with Crippen molar-refractivity contribution in [1.82, 2.24) is 10.6 Å². The quantitative estimate of drug-likeness (QED) is 0.731. The van der Waals surface area contributed by atoms with E-state index in [1.54, 1.807) is 11.8 Å². The lowest BCUT2D eigenvalue weighted by Gasteiger charge is -2.15. The molecule has 0 spiro atoms. The zero-order valence-electron chi connectivity index (χ0n) is 11.8. The number of urea groups is 1. The lowest BCUT2D eigenvalue weighted by atomic mass is 10.1. The molecule has 4 nitrogen and oxygen atoms in total. The predicted molar refractivity (Wildman–Crippen MR) is 81.8 cm³/mol. The van der Waals surface area contributed by atoms with E-state index in [0.717, 1.165) is 24.8 Å². The van der Waals surface area contributed by atoms with Crippen LogP contribution in [0, 0.1) is 5.92 Å². The second-order valence-corrected chi connectivity index (χ2v) is 6.05. The van der Waals surface area contributed by atoms with Gasteiger partial charge in [-0.25, -0.2) is 4.79 Å². The van der Waals surface area contributed by atoms with Crippen molar-refractivity contribution in [2.75, 3.05) is 12.8 Å². The van der Waals surface area contributed by atoms with Crippen molar-refractivity contribution in [2.24, 2.45) is 5.92 Å². The van der Waals surface area contributed by atoms with E-state index in [9.17, 15) is 9.90 Å². The molecule has 1 saturated carbocycles. The number of hydrogen-bond donors (Lipinski definition) is 3. The Morgan fingerprint density at radius 2 is 2.05 bits per heavy atom. The maximum Gasteiger partial charge on any atom is 0.315 e. The Morgan fingerprint density at radius 1 is 1.30 bits per heavy atom. The molecule has 3 N–H and O–H groups in total.